The topological polar surface area (TPSA) is 83.8 Å². The first-order chi connectivity index (χ1) is 10.2. The zero-order valence-corrected chi connectivity index (χ0v) is 14.3. The maximum atomic E-state index is 12.0. The van der Waals surface area contributed by atoms with Gasteiger partial charge in [0.05, 0.1) is 0 Å². The van der Waals surface area contributed by atoms with Crippen LogP contribution in [0.15, 0.2) is 36.7 Å². The number of carbonyl (C=O) groups excluding carboxylic acids is 1. The summed E-state index contributed by atoms with van der Waals surface area (Å²) in [7, 11) is 0. The summed E-state index contributed by atoms with van der Waals surface area (Å²) in [4.78, 5) is 19.3. The molecule has 0 unspecified atom stereocenters. The average molecular weight is 357 g/mol. The van der Waals surface area contributed by atoms with Crippen LogP contribution in [-0.2, 0) is 4.79 Å². The van der Waals surface area contributed by atoms with Crippen molar-refractivity contribution < 1.29 is 4.79 Å². The van der Waals surface area contributed by atoms with E-state index < -0.39 is 0 Å². The van der Waals surface area contributed by atoms with E-state index in [9.17, 15) is 4.79 Å². The summed E-state index contributed by atoms with van der Waals surface area (Å²) in [5.74, 6) is 1.19. The molecular weight excluding hydrogens is 335 g/mol. The van der Waals surface area contributed by atoms with Crippen molar-refractivity contribution in [3.05, 3.63) is 36.7 Å². The lowest BCUT2D eigenvalue weighted by Gasteiger charge is -2.14. The summed E-state index contributed by atoms with van der Waals surface area (Å²) in [6.07, 6.45) is 7.26. The maximum Gasteiger partial charge on any atom is 0.224 e. The van der Waals surface area contributed by atoms with Gasteiger partial charge in [-0.2, -0.15) is 0 Å². The van der Waals surface area contributed by atoms with Gasteiger partial charge in [-0.3, -0.25) is 4.79 Å². The number of aromatic nitrogens is 2. The summed E-state index contributed by atoms with van der Waals surface area (Å²) < 4.78 is 0. The van der Waals surface area contributed by atoms with E-state index in [1.165, 1.54) is 0 Å². The van der Waals surface area contributed by atoms with E-state index >= 15 is 0 Å². The Morgan fingerprint density at radius 3 is 2.57 bits per heavy atom. The Morgan fingerprint density at radius 1 is 1.26 bits per heavy atom. The van der Waals surface area contributed by atoms with Crippen molar-refractivity contribution in [1.82, 2.24) is 9.97 Å². The highest BCUT2D eigenvalue weighted by Gasteiger charge is 2.25. The molecule has 1 heterocycles. The Bertz CT molecular complexity index is 601. The number of halogens is 2. The number of aromatic amines is 1. The molecule has 1 saturated carbocycles. The zero-order valence-electron chi connectivity index (χ0n) is 12.7. The molecule has 0 bridgehead atoms. The summed E-state index contributed by atoms with van der Waals surface area (Å²) in [6, 6.07) is 7.84. The number of carbonyl (C=O) groups is 1. The minimum Gasteiger partial charge on any atom is -0.345 e. The van der Waals surface area contributed by atoms with Crippen LogP contribution < -0.4 is 11.1 Å². The van der Waals surface area contributed by atoms with Gasteiger partial charge < -0.3 is 16.0 Å². The second kappa shape index (κ2) is 8.91. The molecule has 0 spiro atoms. The third-order valence-corrected chi connectivity index (χ3v) is 4.11. The molecule has 0 radical (unpaired) electrons. The first kappa shape index (κ1) is 19.5. The summed E-state index contributed by atoms with van der Waals surface area (Å²) in [6.45, 7) is 0. The molecule has 2 aromatic rings. The molecule has 7 heteroatoms. The molecule has 23 heavy (non-hydrogen) atoms. The van der Waals surface area contributed by atoms with Crippen LogP contribution in [0.25, 0.3) is 11.4 Å². The largest absolute Gasteiger partial charge is 0.345 e. The minimum atomic E-state index is 0. The van der Waals surface area contributed by atoms with E-state index in [0.717, 1.165) is 36.3 Å². The van der Waals surface area contributed by atoms with Gasteiger partial charge in [0, 0.05) is 36.1 Å². The highest BCUT2D eigenvalue weighted by molar-refractivity contribution is 5.91. The van der Waals surface area contributed by atoms with Crippen LogP contribution in [0.5, 0.6) is 0 Å². The quantitative estimate of drug-likeness (QED) is 0.784. The van der Waals surface area contributed by atoms with Gasteiger partial charge in [-0.25, -0.2) is 4.98 Å². The molecule has 1 amide bonds. The van der Waals surface area contributed by atoms with Gasteiger partial charge in [-0.05, 0) is 43.0 Å². The van der Waals surface area contributed by atoms with Crippen LogP contribution in [0.3, 0.4) is 0 Å². The number of benzene rings is 1. The molecule has 0 aliphatic heterocycles. The Morgan fingerprint density at radius 2 is 2.00 bits per heavy atom. The molecule has 3 rings (SSSR count). The molecule has 1 aromatic heterocycles. The van der Waals surface area contributed by atoms with Crippen molar-refractivity contribution in [3.63, 3.8) is 0 Å². The molecular formula is C16H22Cl2N4O. The highest BCUT2D eigenvalue weighted by Crippen LogP contribution is 2.27. The Labute approximate surface area is 148 Å². The van der Waals surface area contributed by atoms with E-state index in [-0.39, 0.29) is 36.8 Å². The molecule has 2 atom stereocenters. The van der Waals surface area contributed by atoms with E-state index in [4.69, 9.17) is 5.73 Å². The van der Waals surface area contributed by atoms with Crippen molar-refractivity contribution in [2.75, 3.05) is 5.32 Å². The first-order valence-electron chi connectivity index (χ1n) is 7.37. The SMILES string of the molecule is Cl.Cl.N[C@@H]1CCC[C@H]1CC(=O)Nc1ccc(-c2ncc[nH]2)cc1. The average Bonchev–Trinajstić information content (AvgIpc) is 3.12. The maximum absolute atomic E-state index is 12.0. The number of rotatable bonds is 4. The fourth-order valence-corrected chi connectivity index (χ4v) is 2.90. The summed E-state index contributed by atoms with van der Waals surface area (Å²) in [5, 5.41) is 2.94. The van der Waals surface area contributed by atoms with Crippen LogP contribution in [0, 0.1) is 5.92 Å². The number of nitrogens with one attached hydrogen (secondary N) is 2. The molecule has 1 fully saturated rings. The fourth-order valence-electron chi connectivity index (χ4n) is 2.90. The predicted octanol–water partition coefficient (Wildman–Crippen LogP) is 3.38. The number of nitrogens with zero attached hydrogens (tertiary/aromatic N) is 1. The van der Waals surface area contributed by atoms with E-state index in [1.54, 1.807) is 12.4 Å². The lowest BCUT2D eigenvalue weighted by molar-refractivity contribution is -0.117. The number of H-pyrrole nitrogens is 1. The van der Waals surface area contributed by atoms with Crippen molar-refractivity contribution >= 4 is 36.4 Å². The highest BCUT2D eigenvalue weighted by atomic mass is 35.5. The first-order valence-corrected chi connectivity index (χ1v) is 7.37. The van der Waals surface area contributed by atoms with Gasteiger partial charge in [0.15, 0.2) is 0 Å². The normalized spacial score (nSPS) is 19.5. The van der Waals surface area contributed by atoms with Gasteiger partial charge in [0.2, 0.25) is 5.91 Å². The van der Waals surface area contributed by atoms with Gasteiger partial charge in [0.25, 0.3) is 0 Å². The second-order valence-corrected chi connectivity index (χ2v) is 5.62. The molecule has 4 N–H and O–H groups in total. The third kappa shape index (κ3) is 4.96. The van der Waals surface area contributed by atoms with Gasteiger partial charge in [0.1, 0.15) is 5.82 Å². The van der Waals surface area contributed by atoms with Gasteiger partial charge >= 0.3 is 0 Å². The Kier molecular flexibility index (Phi) is 7.55. The molecule has 0 saturated heterocycles. The van der Waals surface area contributed by atoms with Crippen LogP contribution in [0.4, 0.5) is 5.69 Å². The van der Waals surface area contributed by atoms with Crippen LogP contribution in [0.1, 0.15) is 25.7 Å². The van der Waals surface area contributed by atoms with Crippen molar-refractivity contribution in [1.29, 1.82) is 0 Å². The van der Waals surface area contributed by atoms with Gasteiger partial charge in [-0.15, -0.1) is 24.8 Å². The predicted molar refractivity (Wildman–Crippen MR) is 97.1 cm³/mol. The molecule has 1 aliphatic rings. The minimum absolute atomic E-state index is 0. The van der Waals surface area contributed by atoms with Crippen LogP contribution in [0.2, 0.25) is 0 Å². The fraction of sp³-hybridized carbons (Fsp3) is 0.375. The summed E-state index contributed by atoms with van der Waals surface area (Å²) >= 11 is 0. The van der Waals surface area contributed by atoms with E-state index in [2.05, 4.69) is 15.3 Å². The van der Waals surface area contributed by atoms with E-state index in [1.807, 2.05) is 24.3 Å². The number of hydrogen-bond acceptors (Lipinski definition) is 3. The summed E-state index contributed by atoms with van der Waals surface area (Å²) in [5.41, 5.74) is 7.81. The number of nitrogens with two attached hydrogens (primary N) is 1. The Hall–Kier alpha value is -1.56. The second-order valence-electron chi connectivity index (χ2n) is 5.62. The number of anilines is 1. The lowest BCUT2D eigenvalue weighted by Crippen LogP contribution is -2.28. The Balaban J connectivity index is 0.00000132. The van der Waals surface area contributed by atoms with Crippen LogP contribution in [-0.4, -0.2) is 21.9 Å². The van der Waals surface area contributed by atoms with Crippen molar-refractivity contribution in [3.8, 4) is 11.4 Å². The molecule has 5 nitrogen and oxygen atoms in total. The van der Waals surface area contributed by atoms with E-state index in [0.29, 0.717) is 12.3 Å². The lowest BCUT2D eigenvalue weighted by atomic mass is 10.00. The van der Waals surface area contributed by atoms with Crippen molar-refractivity contribution in [2.24, 2.45) is 11.7 Å². The number of imidazole rings is 1. The third-order valence-electron chi connectivity index (χ3n) is 4.11. The monoisotopic (exact) mass is 356 g/mol. The number of amides is 1. The van der Waals surface area contributed by atoms with Crippen LogP contribution >= 0.6 is 24.8 Å². The number of hydrogen-bond donors (Lipinski definition) is 3. The smallest absolute Gasteiger partial charge is 0.224 e. The standard InChI is InChI=1S/C16H20N4O.2ClH/c17-14-3-1-2-12(14)10-15(21)20-13-6-4-11(5-7-13)16-18-8-9-19-16;;/h4-9,12,14H,1-3,10,17H2,(H,18,19)(H,20,21);2*1H/t12-,14+;;/m0../s1. The zero-order chi connectivity index (χ0) is 14.7. The van der Waals surface area contributed by atoms with Crippen molar-refractivity contribution in [2.45, 2.75) is 31.7 Å². The molecule has 1 aromatic carbocycles. The molecule has 1 aliphatic carbocycles. The van der Waals surface area contributed by atoms with Gasteiger partial charge in [-0.1, -0.05) is 6.42 Å². The molecule has 126 valence electrons.